The summed E-state index contributed by atoms with van der Waals surface area (Å²) in [5.74, 6) is 3.02. The van der Waals surface area contributed by atoms with Gasteiger partial charge in [0.25, 0.3) is 0 Å². The number of nitrogens with one attached hydrogen (secondary N) is 2. The van der Waals surface area contributed by atoms with Crippen molar-refractivity contribution in [3.05, 3.63) is 53.2 Å². The van der Waals surface area contributed by atoms with Crippen molar-refractivity contribution < 1.29 is 14.2 Å². The Kier molecular flexibility index (Phi) is 11.6. The van der Waals surface area contributed by atoms with E-state index in [1.807, 2.05) is 18.3 Å². The average molecular weight is 554 g/mol. The molecule has 1 heterocycles. The zero-order chi connectivity index (χ0) is 21.9. The third-order valence-electron chi connectivity index (χ3n) is 4.94. The molecule has 0 unspecified atom stereocenters. The number of pyridine rings is 1. The van der Waals surface area contributed by atoms with Crippen LogP contribution in [-0.4, -0.2) is 44.4 Å². The summed E-state index contributed by atoms with van der Waals surface area (Å²) in [4.78, 5) is 9.08. The van der Waals surface area contributed by atoms with Gasteiger partial charge in [-0.2, -0.15) is 0 Å². The maximum absolute atomic E-state index is 5.88. The van der Waals surface area contributed by atoms with Crippen LogP contribution in [0.5, 0.6) is 11.6 Å². The van der Waals surface area contributed by atoms with Gasteiger partial charge < -0.3 is 24.8 Å². The summed E-state index contributed by atoms with van der Waals surface area (Å²) in [5.41, 5.74) is 3.27. The Labute approximate surface area is 208 Å². The highest BCUT2D eigenvalue weighted by Gasteiger charge is 2.22. The smallest absolute Gasteiger partial charge is 0.213 e. The maximum atomic E-state index is 5.88. The van der Waals surface area contributed by atoms with E-state index in [9.17, 15) is 0 Å². The Morgan fingerprint density at radius 3 is 2.66 bits per heavy atom. The van der Waals surface area contributed by atoms with Crippen LogP contribution in [0.2, 0.25) is 0 Å². The van der Waals surface area contributed by atoms with Gasteiger partial charge in [0.15, 0.2) is 5.96 Å². The number of ether oxygens (including phenoxy) is 3. The van der Waals surface area contributed by atoms with E-state index in [-0.39, 0.29) is 24.0 Å². The third kappa shape index (κ3) is 9.20. The normalized spacial score (nSPS) is 13.3. The molecule has 0 saturated heterocycles. The lowest BCUT2D eigenvalue weighted by atomic mass is 10.1. The Morgan fingerprint density at radius 1 is 1.12 bits per heavy atom. The number of halogens is 1. The number of hydrogen-bond acceptors (Lipinski definition) is 5. The van der Waals surface area contributed by atoms with E-state index >= 15 is 0 Å². The second-order valence-corrected chi connectivity index (χ2v) is 7.76. The van der Waals surface area contributed by atoms with Crippen molar-refractivity contribution in [2.75, 3.05) is 33.5 Å². The highest BCUT2D eigenvalue weighted by molar-refractivity contribution is 14.0. The van der Waals surface area contributed by atoms with Gasteiger partial charge in [-0.3, -0.25) is 0 Å². The zero-order valence-corrected chi connectivity index (χ0v) is 21.6. The molecule has 1 saturated carbocycles. The molecule has 3 rings (SSSR count). The molecule has 0 bridgehead atoms. The van der Waals surface area contributed by atoms with Crippen LogP contribution in [0, 0.1) is 12.8 Å². The van der Waals surface area contributed by atoms with Crippen molar-refractivity contribution in [2.45, 2.75) is 39.8 Å². The molecule has 1 aliphatic rings. The van der Waals surface area contributed by atoms with Gasteiger partial charge in [0, 0.05) is 38.0 Å². The standard InChI is InChI=1S/C24H34N4O3.HI/c1-4-25-24(27-15-20-8-10-23(26-14-20)31-17-19-6-7-19)28-16-21-9-5-18(2)13-22(21)30-12-11-29-3;/h5,8-10,13-14,19H,4,6-7,11-12,15-17H2,1-3H3,(H2,25,27,28);1H. The van der Waals surface area contributed by atoms with Gasteiger partial charge in [0.2, 0.25) is 5.88 Å². The van der Waals surface area contributed by atoms with Gasteiger partial charge in [-0.05, 0) is 49.8 Å². The summed E-state index contributed by atoms with van der Waals surface area (Å²) in [6.45, 7) is 7.89. The summed E-state index contributed by atoms with van der Waals surface area (Å²) in [6.07, 6.45) is 4.38. The molecule has 1 aromatic carbocycles. The minimum atomic E-state index is 0. The van der Waals surface area contributed by atoms with Crippen LogP contribution < -0.4 is 20.1 Å². The van der Waals surface area contributed by atoms with Crippen LogP contribution in [0.15, 0.2) is 41.5 Å². The first-order valence-corrected chi connectivity index (χ1v) is 11.0. The number of aromatic nitrogens is 1. The minimum Gasteiger partial charge on any atom is -0.491 e. The molecule has 2 N–H and O–H groups in total. The molecule has 176 valence electrons. The molecule has 2 aromatic rings. The monoisotopic (exact) mass is 554 g/mol. The molecule has 0 radical (unpaired) electrons. The van der Waals surface area contributed by atoms with E-state index in [0.717, 1.165) is 47.5 Å². The maximum Gasteiger partial charge on any atom is 0.213 e. The summed E-state index contributed by atoms with van der Waals surface area (Å²) in [5, 5.41) is 6.68. The largest absolute Gasteiger partial charge is 0.491 e. The first-order valence-electron chi connectivity index (χ1n) is 11.0. The zero-order valence-electron chi connectivity index (χ0n) is 19.2. The minimum absolute atomic E-state index is 0. The SMILES string of the molecule is CCNC(=NCc1ccc(OCC2CC2)nc1)NCc1ccc(C)cc1OCCOC.I. The molecule has 7 nitrogen and oxygen atoms in total. The number of guanidine groups is 1. The molecule has 0 aliphatic heterocycles. The van der Waals surface area contributed by atoms with Gasteiger partial charge >= 0.3 is 0 Å². The van der Waals surface area contributed by atoms with Crippen LogP contribution in [0.1, 0.15) is 36.5 Å². The van der Waals surface area contributed by atoms with E-state index in [4.69, 9.17) is 14.2 Å². The van der Waals surface area contributed by atoms with E-state index in [0.29, 0.717) is 32.2 Å². The van der Waals surface area contributed by atoms with E-state index in [1.165, 1.54) is 12.8 Å². The molecule has 1 aromatic heterocycles. The molecule has 1 aliphatic carbocycles. The quantitative estimate of drug-likeness (QED) is 0.178. The van der Waals surface area contributed by atoms with Crippen LogP contribution in [0.3, 0.4) is 0 Å². The number of hydrogen-bond donors (Lipinski definition) is 2. The lowest BCUT2D eigenvalue weighted by Crippen LogP contribution is -2.36. The van der Waals surface area contributed by atoms with Gasteiger partial charge in [-0.15, -0.1) is 24.0 Å². The number of aliphatic imine (C=N–C) groups is 1. The van der Waals surface area contributed by atoms with E-state index < -0.39 is 0 Å². The Bertz CT molecular complexity index is 842. The molecule has 8 heteroatoms. The van der Waals surface area contributed by atoms with Crippen molar-refractivity contribution in [2.24, 2.45) is 10.9 Å². The summed E-state index contributed by atoms with van der Waals surface area (Å²) < 4.78 is 16.7. The number of benzene rings is 1. The predicted molar refractivity (Wildman–Crippen MR) is 138 cm³/mol. The Morgan fingerprint density at radius 2 is 1.97 bits per heavy atom. The number of nitrogens with zero attached hydrogens (tertiary/aromatic N) is 2. The third-order valence-corrected chi connectivity index (χ3v) is 4.94. The first-order chi connectivity index (χ1) is 15.2. The lowest BCUT2D eigenvalue weighted by Gasteiger charge is -2.15. The van der Waals surface area contributed by atoms with Crippen molar-refractivity contribution in [3.63, 3.8) is 0 Å². The average Bonchev–Trinajstić information content (AvgIpc) is 3.61. The van der Waals surface area contributed by atoms with E-state index in [1.54, 1.807) is 7.11 Å². The summed E-state index contributed by atoms with van der Waals surface area (Å²) in [6, 6.07) is 10.2. The van der Waals surface area contributed by atoms with Crippen molar-refractivity contribution in [1.29, 1.82) is 0 Å². The molecular formula is C24H35IN4O3. The van der Waals surface area contributed by atoms with Gasteiger partial charge in [-0.25, -0.2) is 9.98 Å². The highest BCUT2D eigenvalue weighted by Crippen LogP contribution is 2.29. The fourth-order valence-corrected chi connectivity index (χ4v) is 2.95. The van der Waals surface area contributed by atoms with Crippen LogP contribution in [0.25, 0.3) is 0 Å². The number of methoxy groups -OCH3 is 1. The molecule has 0 spiro atoms. The van der Waals surface area contributed by atoms with Gasteiger partial charge in [0.05, 0.1) is 19.8 Å². The van der Waals surface area contributed by atoms with Crippen molar-refractivity contribution >= 4 is 29.9 Å². The summed E-state index contributed by atoms with van der Waals surface area (Å²) >= 11 is 0. The van der Waals surface area contributed by atoms with Crippen molar-refractivity contribution in [1.82, 2.24) is 15.6 Å². The van der Waals surface area contributed by atoms with E-state index in [2.05, 4.69) is 52.7 Å². The van der Waals surface area contributed by atoms with Crippen LogP contribution >= 0.6 is 24.0 Å². The molecular weight excluding hydrogens is 519 g/mol. The highest BCUT2D eigenvalue weighted by atomic mass is 127. The lowest BCUT2D eigenvalue weighted by molar-refractivity contribution is 0.145. The number of aryl methyl sites for hydroxylation is 1. The summed E-state index contributed by atoms with van der Waals surface area (Å²) in [7, 11) is 1.67. The topological polar surface area (TPSA) is 77.0 Å². The van der Waals surface area contributed by atoms with Gasteiger partial charge in [-0.1, -0.05) is 18.2 Å². The fraction of sp³-hybridized carbons (Fsp3) is 0.500. The second-order valence-electron chi connectivity index (χ2n) is 7.76. The number of rotatable bonds is 12. The fourth-order valence-electron chi connectivity index (χ4n) is 2.95. The Balaban J connectivity index is 0.00000363. The second kappa shape index (κ2) is 14.2. The van der Waals surface area contributed by atoms with Crippen LogP contribution in [0.4, 0.5) is 0 Å². The molecule has 0 atom stereocenters. The molecule has 32 heavy (non-hydrogen) atoms. The molecule has 0 amide bonds. The van der Waals surface area contributed by atoms with Crippen LogP contribution in [-0.2, 0) is 17.8 Å². The molecule has 1 fully saturated rings. The first kappa shape index (κ1) is 26.2. The predicted octanol–water partition coefficient (Wildman–Crippen LogP) is 4.08. The van der Waals surface area contributed by atoms with Gasteiger partial charge in [0.1, 0.15) is 12.4 Å². The van der Waals surface area contributed by atoms with Crippen molar-refractivity contribution in [3.8, 4) is 11.6 Å². The Hall–Kier alpha value is -2.07.